The first-order valence-electron chi connectivity index (χ1n) is 22.2. The van der Waals surface area contributed by atoms with E-state index in [1.807, 2.05) is 52.0 Å². The molecule has 0 fully saturated rings. The van der Waals surface area contributed by atoms with Gasteiger partial charge in [-0.05, 0) is 70.9 Å². The molecule has 13 nitrogen and oxygen atoms in total. The van der Waals surface area contributed by atoms with E-state index in [1.165, 1.54) is 28.4 Å². The third-order valence-corrected chi connectivity index (χ3v) is 16.8. The van der Waals surface area contributed by atoms with Crippen molar-refractivity contribution in [3.05, 3.63) is 96.8 Å². The van der Waals surface area contributed by atoms with Gasteiger partial charge < -0.3 is 43.3 Å². The number of carbonyl (C=O) groups excluding carboxylic acids is 4. The van der Waals surface area contributed by atoms with Crippen LogP contribution in [-0.4, -0.2) is 95.0 Å². The Labute approximate surface area is 460 Å². The van der Waals surface area contributed by atoms with E-state index in [-0.39, 0.29) is 83.3 Å². The fourth-order valence-corrected chi connectivity index (χ4v) is 16.3. The van der Waals surface area contributed by atoms with Crippen LogP contribution in [0.3, 0.4) is 0 Å². The molecule has 0 aromatic heterocycles. The van der Waals surface area contributed by atoms with E-state index in [0.717, 1.165) is 38.3 Å². The van der Waals surface area contributed by atoms with Crippen molar-refractivity contribution in [3.8, 4) is 23.0 Å². The Morgan fingerprint density at radius 3 is 1.43 bits per heavy atom. The molecular formula is C50H73Br3NNaO12Si2. The number of nitrogens with zero attached hydrogens (tertiary/aromatic N) is 1. The molecule has 19 heteroatoms. The summed E-state index contributed by atoms with van der Waals surface area (Å²) in [5.74, 6) is -0.914. The van der Waals surface area contributed by atoms with Crippen LogP contribution >= 0.6 is 47.8 Å². The quantitative estimate of drug-likeness (QED) is 0.0448. The average molecular weight is 1200 g/mol. The second-order valence-corrected chi connectivity index (χ2v) is 29.5. The molecule has 1 atom stereocenters. The van der Waals surface area contributed by atoms with Crippen molar-refractivity contribution < 1.29 is 87.4 Å². The SMILES string of the molecule is BrC/C=C/CBr.COC(=O)C(C/C=C/CBr)C/C(C)=C/Cc1c(O)c2c(c(C)c1OC)COC2=O.COC(=O)CC/C(C)=C/Cc1c(O)c2c(c(C)c1OC)COC2=O.C[Si](C)(C)[N-][Si](C)(C)C.[Na+]. The van der Waals surface area contributed by atoms with Crippen LogP contribution < -0.4 is 39.0 Å². The maximum Gasteiger partial charge on any atom is 1.00 e. The summed E-state index contributed by atoms with van der Waals surface area (Å²) < 4.78 is 35.4. The van der Waals surface area contributed by atoms with Gasteiger partial charge in [0, 0.05) is 44.7 Å². The van der Waals surface area contributed by atoms with Gasteiger partial charge in [-0.15, -0.1) is 0 Å². The summed E-state index contributed by atoms with van der Waals surface area (Å²) in [5.41, 5.74) is 6.42. The number of benzene rings is 2. The summed E-state index contributed by atoms with van der Waals surface area (Å²) in [6, 6.07) is 0. The molecule has 69 heavy (non-hydrogen) atoms. The van der Waals surface area contributed by atoms with E-state index in [0.29, 0.717) is 72.3 Å². The minimum Gasteiger partial charge on any atom is -0.668 e. The van der Waals surface area contributed by atoms with Crippen molar-refractivity contribution >= 4 is 88.1 Å². The number of ether oxygens (including phenoxy) is 6. The fraction of sp³-hybridized carbons (Fsp3) is 0.520. The number of phenolic OH excluding ortho intramolecular Hbond substituents is 2. The molecule has 1 unspecified atom stereocenters. The smallest absolute Gasteiger partial charge is 0.668 e. The van der Waals surface area contributed by atoms with E-state index >= 15 is 0 Å². The summed E-state index contributed by atoms with van der Waals surface area (Å²) in [7, 11) is 3.60. The molecule has 0 saturated heterocycles. The van der Waals surface area contributed by atoms with Gasteiger partial charge in [0.2, 0.25) is 0 Å². The average Bonchev–Trinajstić information content (AvgIpc) is 3.87. The number of cyclic esters (lactones) is 2. The number of methoxy groups -OCH3 is 4. The van der Waals surface area contributed by atoms with Gasteiger partial charge in [-0.3, -0.25) is 9.59 Å². The largest absolute Gasteiger partial charge is 1.00 e. The molecule has 2 aromatic rings. The number of hydrogen-bond donors (Lipinski definition) is 2. The third kappa shape index (κ3) is 22.3. The zero-order chi connectivity index (χ0) is 51.9. The van der Waals surface area contributed by atoms with Crippen molar-refractivity contribution in [2.45, 2.75) is 119 Å². The van der Waals surface area contributed by atoms with E-state index in [4.69, 9.17) is 28.3 Å². The molecule has 0 bridgehead atoms. The predicted octanol–water partition coefficient (Wildman–Crippen LogP) is 9.58. The zero-order valence-corrected chi connectivity index (χ0v) is 52.1. The van der Waals surface area contributed by atoms with E-state index in [1.54, 1.807) is 0 Å². The number of aromatic hydroxyl groups is 2. The molecular weight excluding hydrogens is 1130 g/mol. The summed E-state index contributed by atoms with van der Waals surface area (Å²) in [5, 5.41) is 23.8. The normalized spacial score (nSPS) is 13.6. The molecule has 0 spiro atoms. The van der Waals surface area contributed by atoms with E-state index < -0.39 is 28.4 Å². The first-order chi connectivity index (χ1) is 31.9. The Morgan fingerprint density at radius 1 is 0.681 bits per heavy atom. The Kier molecular flexibility index (Phi) is 31.8. The Hall–Kier alpha value is -2.69. The Morgan fingerprint density at radius 2 is 1.09 bits per heavy atom. The van der Waals surface area contributed by atoms with Crippen molar-refractivity contribution in [3.63, 3.8) is 0 Å². The molecule has 0 saturated carbocycles. The number of rotatable bonds is 19. The molecule has 380 valence electrons. The second-order valence-electron chi connectivity index (χ2n) is 17.9. The zero-order valence-electron chi connectivity index (χ0n) is 43.4. The van der Waals surface area contributed by atoms with Gasteiger partial charge in [0.05, 0.1) is 34.4 Å². The predicted molar refractivity (Wildman–Crippen MR) is 288 cm³/mol. The summed E-state index contributed by atoms with van der Waals surface area (Å²) >= 11 is 9.81. The molecule has 2 heterocycles. The van der Waals surface area contributed by atoms with Crippen molar-refractivity contribution in [2.24, 2.45) is 5.92 Å². The molecule has 2 aromatic carbocycles. The van der Waals surface area contributed by atoms with Crippen LogP contribution in [0.15, 0.2) is 47.6 Å². The van der Waals surface area contributed by atoms with E-state index in [2.05, 4.69) is 104 Å². The van der Waals surface area contributed by atoms with Crippen molar-refractivity contribution in [1.82, 2.24) is 0 Å². The van der Waals surface area contributed by atoms with Crippen LogP contribution in [0, 0.1) is 19.8 Å². The monoisotopic (exact) mass is 1200 g/mol. The van der Waals surface area contributed by atoms with Gasteiger partial charge in [0.15, 0.2) is 0 Å². The number of phenols is 2. The number of hydrogen-bond acceptors (Lipinski definition) is 12. The molecule has 0 amide bonds. The van der Waals surface area contributed by atoms with Crippen LogP contribution in [-0.2, 0) is 54.6 Å². The van der Waals surface area contributed by atoms with Crippen LogP contribution in [0.2, 0.25) is 39.3 Å². The van der Waals surface area contributed by atoms with Crippen LogP contribution in [0.4, 0.5) is 0 Å². The van der Waals surface area contributed by atoms with Crippen LogP contribution in [0.5, 0.6) is 23.0 Å². The van der Waals surface area contributed by atoms with Crippen molar-refractivity contribution in [1.29, 1.82) is 0 Å². The van der Waals surface area contributed by atoms with Gasteiger partial charge >= 0.3 is 53.4 Å². The summed E-state index contributed by atoms with van der Waals surface area (Å²) in [6.07, 6.45) is 14.6. The van der Waals surface area contributed by atoms with E-state index in [9.17, 15) is 29.4 Å². The van der Waals surface area contributed by atoms with Gasteiger partial charge in [0.25, 0.3) is 0 Å². The van der Waals surface area contributed by atoms with Gasteiger partial charge in [-0.2, -0.15) is 0 Å². The topological polar surface area (TPSA) is 178 Å². The number of alkyl halides is 3. The number of esters is 4. The first-order valence-corrected chi connectivity index (χ1v) is 32.5. The minimum absolute atomic E-state index is 0. The van der Waals surface area contributed by atoms with Gasteiger partial charge in [0.1, 0.15) is 47.3 Å². The molecule has 2 N–H and O–H groups in total. The first kappa shape index (κ1) is 66.3. The molecule has 4 rings (SSSR count). The maximum atomic E-state index is 12.1. The number of fused-ring (bicyclic) bond motifs is 2. The summed E-state index contributed by atoms with van der Waals surface area (Å²) in [4.78, 5) is 47.1. The third-order valence-electron chi connectivity index (χ3n) is 10.4. The Bertz CT molecular complexity index is 2150. The molecule has 0 aliphatic carbocycles. The number of carbonyl (C=O) groups is 4. The fourth-order valence-electron chi connectivity index (χ4n) is 7.47. The second kappa shape index (κ2) is 33.1. The molecule has 0 radical (unpaired) electrons. The van der Waals surface area contributed by atoms with Crippen molar-refractivity contribution in [2.75, 3.05) is 44.4 Å². The standard InChI is InChI=1S/C22H27BrO6.C18H22O6.C6H18NSi2.C4H6Br2.Na/c1-13(11-15(21(25)28-4)7-5-6-10-23)8-9-16-19(24)18-17(12-29-22(18)26)14(2)20(16)27-3;1-10(6-8-14(19)22-3)5-7-12-16(20)15-13(9-24-18(15)21)11(2)17(12)23-4;1-8(2,3)7-9(4,5)6;5-3-1-2-4-6;/h5-6,8,15,24H,7,9-12H2,1-4H3;5,20H,6-9H2,1-4H3;1-6H3;1-2H,3-4H2;/q;;-1;;+1/b6-5+,13-8+;10-5+;;2-1+;. The van der Waals surface area contributed by atoms with Gasteiger partial charge in [-0.1, -0.05) is 151 Å². The maximum absolute atomic E-state index is 12.1. The van der Waals surface area contributed by atoms with Crippen LogP contribution in [0.25, 0.3) is 4.65 Å². The molecule has 2 aliphatic heterocycles. The summed E-state index contributed by atoms with van der Waals surface area (Å²) in [6.45, 7) is 21.6. The molecule has 2 aliphatic rings. The number of halogens is 3. The minimum atomic E-state index is -1.11. The van der Waals surface area contributed by atoms with Crippen LogP contribution in [0.1, 0.15) is 93.6 Å². The number of allylic oxidation sites excluding steroid dienone is 8. The Balaban J connectivity index is 0.00000103. The van der Waals surface area contributed by atoms with Gasteiger partial charge in [-0.25, -0.2) is 9.59 Å².